The maximum Gasteiger partial charge on any atom is 0.269 e. The summed E-state index contributed by atoms with van der Waals surface area (Å²) in [5.41, 5.74) is 0.913. The average molecular weight is 513 g/mol. The summed E-state index contributed by atoms with van der Waals surface area (Å²) in [7, 11) is 1.57. The van der Waals surface area contributed by atoms with Crippen molar-refractivity contribution in [3.63, 3.8) is 0 Å². The van der Waals surface area contributed by atoms with Crippen molar-refractivity contribution in [3.8, 4) is 5.75 Å². The summed E-state index contributed by atoms with van der Waals surface area (Å²) in [6.45, 7) is 6.46. The molecule has 2 N–H and O–H groups in total. The molecule has 1 aromatic heterocycles. The number of nitrogens with one attached hydrogen (secondary N) is 2. The second-order valence-electron chi connectivity index (χ2n) is 8.15. The number of rotatable bonds is 11. The number of carbonyl (C=O) groups excluding carboxylic acids is 2. The lowest BCUT2D eigenvalue weighted by atomic mass is 10.0. The lowest BCUT2D eigenvalue weighted by Crippen LogP contribution is -2.33. The van der Waals surface area contributed by atoms with Gasteiger partial charge in [-0.05, 0) is 49.2 Å². The first-order chi connectivity index (χ1) is 17.2. The molecular formula is C24H28N6O5S. The number of nitrogens with zero attached hydrogens (tertiary/aromatic N) is 4. The van der Waals surface area contributed by atoms with Gasteiger partial charge in [-0.2, -0.15) is 0 Å². The molecule has 36 heavy (non-hydrogen) atoms. The number of ether oxygens (including phenoxy) is 1. The molecule has 1 unspecified atom stereocenters. The molecule has 0 saturated carbocycles. The van der Waals surface area contributed by atoms with E-state index in [1.165, 1.54) is 36.0 Å². The van der Waals surface area contributed by atoms with Crippen LogP contribution in [-0.4, -0.2) is 44.4 Å². The highest BCUT2D eigenvalue weighted by molar-refractivity contribution is 7.99. The van der Waals surface area contributed by atoms with Crippen molar-refractivity contribution in [2.75, 3.05) is 18.2 Å². The van der Waals surface area contributed by atoms with Crippen LogP contribution in [0.25, 0.3) is 0 Å². The van der Waals surface area contributed by atoms with E-state index >= 15 is 0 Å². The number of methoxy groups -OCH3 is 1. The van der Waals surface area contributed by atoms with Gasteiger partial charge in [0.15, 0.2) is 11.0 Å². The molecule has 190 valence electrons. The highest BCUT2D eigenvalue weighted by atomic mass is 32.2. The van der Waals surface area contributed by atoms with E-state index in [2.05, 4.69) is 20.8 Å². The zero-order chi connectivity index (χ0) is 26.2. The molecule has 0 saturated heterocycles. The molecule has 1 heterocycles. The summed E-state index contributed by atoms with van der Waals surface area (Å²) in [5.74, 6) is 0.849. The molecule has 3 aromatic rings. The van der Waals surface area contributed by atoms with Crippen LogP contribution in [-0.2, 0) is 11.3 Å². The number of aromatic nitrogens is 3. The van der Waals surface area contributed by atoms with Gasteiger partial charge in [-0.1, -0.05) is 25.6 Å². The topological polar surface area (TPSA) is 141 Å². The smallest absolute Gasteiger partial charge is 0.269 e. The highest BCUT2D eigenvalue weighted by Crippen LogP contribution is 2.26. The number of anilines is 1. The van der Waals surface area contributed by atoms with Crippen molar-refractivity contribution in [2.45, 2.75) is 38.5 Å². The third-order valence-corrected chi connectivity index (χ3v) is 6.31. The lowest BCUT2D eigenvalue weighted by molar-refractivity contribution is -0.384. The molecule has 0 bridgehead atoms. The molecule has 12 heteroatoms. The van der Waals surface area contributed by atoms with Gasteiger partial charge in [-0.3, -0.25) is 19.7 Å². The van der Waals surface area contributed by atoms with E-state index in [0.717, 1.165) is 0 Å². The van der Waals surface area contributed by atoms with Crippen molar-refractivity contribution in [1.82, 2.24) is 20.1 Å². The van der Waals surface area contributed by atoms with Crippen molar-refractivity contribution >= 4 is 35.0 Å². The minimum absolute atomic E-state index is 0.0324. The molecular weight excluding hydrogens is 484 g/mol. The van der Waals surface area contributed by atoms with Gasteiger partial charge in [0.2, 0.25) is 5.91 Å². The van der Waals surface area contributed by atoms with Crippen LogP contribution in [0.2, 0.25) is 0 Å². The van der Waals surface area contributed by atoms with Gasteiger partial charge in [-0.25, -0.2) is 0 Å². The van der Waals surface area contributed by atoms with Crippen LogP contribution in [0.3, 0.4) is 0 Å². The number of hydrogen-bond acceptors (Lipinski definition) is 8. The van der Waals surface area contributed by atoms with Gasteiger partial charge in [0, 0.05) is 29.9 Å². The Morgan fingerprint density at radius 2 is 1.78 bits per heavy atom. The summed E-state index contributed by atoms with van der Waals surface area (Å²) in [6, 6.07) is 12.1. The van der Waals surface area contributed by atoms with Crippen LogP contribution in [0.5, 0.6) is 5.75 Å². The van der Waals surface area contributed by atoms with Gasteiger partial charge in [-0.15, -0.1) is 10.2 Å². The molecule has 0 radical (unpaired) electrons. The second-order valence-corrected chi connectivity index (χ2v) is 9.09. The summed E-state index contributed by atoms with van der Waals surface area (Å²) in [6.07, 6.45) is 0. The Balaban J connectivity index is 1.68. The normalized spacial score (nSPS) is 11.7. The fraction of sp³-hybridized carbons (Fsp3) is 0.333. The van der Waals surface area contributed by atoms with E-state index < -0.39 is 11.0 Å². The zero-order valence-corrected chi connectivity index (χ0v) is 21.2. The number of amides is 2. The largest absolute Gasteiger partial charge is 0.497 e. The Bertz CT molecular complexity index is 1210. The third-order valence-electron chi connectivity index (χ3n) is 5.34. The van der Waals surface area contributed by atoms with Gasteiger partial charge < -0.3 is 19.9 Å². The molecule has 0 fully saturated rings. The maximum atomic E-state index is 12.9. The molecule has 0 spiro atoms. The Hall–Kier alpha value is -3.93. The minimum atomic E-state index is -0.500. The molecule has 2 amide bonds. The number of nitro benzene ring substituents is 1. The standard InChI is InChI=1S/C24H28N6O5S/c1-5-29-22(21(15(2)3)26-23(32)16-6-12-19(35-4)13-7-16)27-28-24(29)36-14-20(31)25-17-8-10-18(11-9-17)30(33)34/h6-13,15,21H,5,14H2,1-4H3,(H,25,31)(H,26,32). The van der Waals surface area contributed by atoms with Crippen molar-refractivity contribution < 1.29 is 19.2 Å². The molecule has 0 aliphatic rings. The lowest BCUT2D eigenvalue weighted by Gasteiger charge is -2.22. The first-order valence-electron chi connectivity index (χ1n) is 11.3. The second kappa shape index (κ2) is 12.2. The van der Waals surface area contributed by atoms with Gasteiger partial charge in [0.05, 0.1) is 23.8 Å². The summed E-state index contributed by atoms with van der Waals surface area (Å²) < 4.78 is 7.03. The predicted molar refractivity (Wildman–Crippen MR) is 136 cm³/mol. The van der Waals surface area contributed by atoms with E-state index in [-0.39, 0.29) is 29.2 Å². The Morgan fingerprint density at radius 1 is 1.11 bits per heavy atom. The van der Waals surface area contributed by atoms with Gasteiger partial charge in [0.25, 0.3) is 11.6 Å². The van der Waals surface area contributed by atoms with Crippen LogP contribution in [0, 0.1) is 16.0 Å². The Kier molecular flexibility index (Phi) is 9.01. The molecule has 11 nitrogen and oxygen atoms in total. The Morgan fingerprint density at radius 3 is 2.33 bits per heavy atom. The average Bonchev–Trinajstić information content (AvgIpc) is 3.28. The number of carbonyl (C=O) groups is 2. The number of benzene rings is 2. The van der Waals surface area contributed by atoms with Crippen molar-refractivity contribution in [1.29, 1.82) is 0 Å². The van der Waals surface area contributed by atoms with E-state index in [1.54, 1.807) is 31.4 Å². The highest BCUT2D eigenvalue weighted by Gasteiger charge is 2.26. The molecule has 1 atom stereocenters. The van der Waals surface area contributed by atoms with Gasteiger partial charge >= 0.3 is 0 Å². The molecule has 2 aromatic carbocycles. The van der Waals surface area contributed by atoms with Crippen LogP contribution in [0.4, 0.5) is 11.4 Å². The van der Waals surface area contributed by atoms with Crippen LogP contribution >= 0.6 is 11.8 Å². The van der Waals surface area contributed by atoms with E-state index in [9.17, 15) is 19.7 Å². The fourth-order valence-electron chi connectivity index (χ4n) is 3.42. The SMILES string of the molecule is CCn1c(SCC(=O)Nc2ccc([N+](=O)[O-])cc2)nnc1C(NC(=O)c1ccc(OC)cc1)C(C)C. The first-order valence-corrected chi connectivity index (χ1v) is 12.3. The van der Waals surface area contributed by atoms with E-state index in [0.29, 0.717) is 34.5 Å². The summed E-state index contributed by atoms with van der Waals surface area (Å²) in [5, 5.41) is 25.7. The van der Waals surface area contributed by atoms with Crippen LogP contribution in [0.15, 0.2) is 53.7 Å². The summed E-state index contributed by atoms with van der Waals surface area (Å²) >= 11 is 1.22. The number of nitro groups is 1. The monoisotopic (exact) mass is 512 g/mol. The Labute approximate surface area is 212 Å². The molecule has 3 rings (SSSR count). The van der Waals surface area contributed by atoms with Crippen molar-refractivity contribution in [2.24, 2.45) is 5.92 Å². The molecule has 0 aliphatic carbocycles. The maximum absolute atomic E-state index is 12.9. The molecule has 0 aliphatic heterocycles. The van der Waals surface area contributed by atoms with Crippen LogP contribution < -0.4 is 15.4 Å². The minimum Gasteiger partial charge on any atom is -0.497 e. The quantitative estimate of drug-likeness (QED) is 0.222. The zero-order valence-electron chi connectivity index (χ0n) is 20.4. The van der Waals surface area contributed by atoms with Crippen LogP contribution in [0.1, 0.15) is 43.0 Å². The third kappa shape index (κ3) is 6.60. The summed E-state index contributed by atoms with van der Waals surface area (Å²) in [4.78, 5) is 35.6. The van der Waals surface area contributed by atoms with E-state index in [1.807, 2.05) is 25.3 Å². The van der Waals surface area contributed by atoms with E-state index in [4.69, 9.17) is 4.74 Å². The first kappa shape index (κ1) is 26.7. The predicted octanol–water partition coefficient (Wildman–Crippen LogP) is 4.07. The fourth-order valence-corrected chi connectivity index (χ4v) is 4.23. The number of non-ortho nitro benzene ring substituents is 1. The number of thioether (sulfide) groups is 1. The van der Waals surface area contributed by atoms with Gasteiger partial charge in [0.1, 0.15) is 5.75 Å². The van der Waals surface area contributed by atoms with Crippen molar-refractivity contribution in [3.05, 3.63) is 70.0 Å². The number of hydrogen-bond donors (Lipinski definition) is 2.